The topological polar surface area (TPSA) is 87.7 Å². The molecule has 1 saturated carbocycles. The number of nitrogens with zero attached hydrogens (tertiary/aromatic N) is 1. The van der Waals surface area contributed by atoms with Gasteiger partial charge in [-0.3, -0.25) is 4.79 Å². The van der Waals surface area contributed by atoms with E-state index in [0.717, 1.165) is 32.1 Å². The van der Waals surface area contributed by atoms with Gasteiger partial charge < -0.3 is 16.3 Å². The Balaban J connectivity index is 2.69. The van der Waals surface area contributed by atoms with Gasteiger partial charge in [-0.25, -0.2) is 0 Å². The molecule has 1 atom stereocenters. The molecular weight excluding hydrogens is 254 g/mol. The minimum absolute atomic E-state index is 0.0609. The number of amidine groups is 1. The van der Waals surface area contributed by atoms with E-state index >= 15 is 0 Å². The summed E-state index contributed by atoms with van der Waals surface area (Å²) in [7, 11) is 0. The number of nitrogens with one attached hydrogen (secondary N) is 1. The van der Waals surface area contributed by atoms with Gasteiger partial charge in [0, 0.05) is 6.04 Å². The number of carbonyl (C=O) groups is 1. The molecule has 0 bridgehead atoms. The molecule has 0 spiro atoms. The zero-order valence-electron chi connectivity index (χ0n) is 13.0. The second kappa shape index (κ2) is 7.50. The van der Waals surface area contributed by atoms with Crippen molar-refractivity contribution in [1.29, 1.82) is 0 Å². The van der Waals surface area contributed by atoms with Crippen LogP contribution >= 0.6 is 0 Å². The number of hydrogen-bond donors (Lipinski definition) is 3. The summed E-state index contributed by atoms with van der Waals surface area (Å²) >= 11 is 0. The number of oxime groups is 1. The molecule has 0 aliphatic heterocycles. The van der Waals surface area contributed by atoms with E-state index in [1.165, 1.54) is 0 Å². The Morgan fingerprint density at radius 1 is 1.25 bits per heavy atom. The minimum Gasteiger partial charge on any atom is -0.409 e. The van der Waals surface area contributed by atoms with Crippen LogP contribution in [0.15, 0.2) is 5.16 Å². The quantitative estimate of drug-likeness (QED) is 0.303. The van der Waals surface area contributed by atoms with E-state index in [4.69, 9.17) is 10.9 Å². The van der Waals surface area contributed by atoms with Crippen LogP contribution < -0.4 is 11.1 Å². The van der Waals surface area contributed by atoms with Gasteiger partial charge in [0.15, 0.2) is 5.84 Å². The van der Waals surface area contributed by atoms with Crippen molar-refractivity contribution >= 4 is 11.7 Å². The Bertz CT molecular complexity index is 347. The van der Waals surface area contributed by atoms with E-state index in [2.05, 4.69) is 24.3 Å². The zero-order chi connectivity index (χ0) is 15.2. The van der Waals surface area contributed by atoms with Crippen molar-refractivity contribution in [1.82, 2.24) is 5.32 Å². The molecule has 0 heterocycles. The number of hydrogen-bond acceptors (Lipinski definition) is 3. The molecule has 0 radical (unpaired) electrons. The predicted molar refractivity (Wildman–Crippen MR) is 80.6 cm³/mol. The van der Waals surface area contributed by atoms with Gasteiger partial charge in [0.05, 0.1) is 0 Å². The van der Waals surface area contributed by atoms with Crippen molar-refractivity contribution in [2.75, 3.05) is 0 Å². The highest BCUT2D eigenvalue weighted by molar-refractivity contribution is 6.06. The Labute approximate surface area is 122 Å². The Hall–Kier alpha value is -1.26. The minimum atomic E-state index is -0.806. The molecule has 4 N–H and O–H groups in total. The molecule has 0 aromatic heterocycles. The van der Waals surface area contributed by atoms with Crippen LogP contribution in [0.2, 0.25) is 0 Å². The van der Waals surface area contributed by atoms with Gasteiger partial charge in [-0.1, -0.05) is 38.3 Å². The first-order valence-corrected chi connectivity index (χ1v) is 7.71. The highest BCUT2D eigenvalue weighted by atomic mass is 16.4. The fourth-order valence-electron chi connectivity index (χ4n) is 2.87. The van der Waals surface area contributed by atoms with E-state index in [9.17, 15) is 4.79 Å². The molecule has 1 rings (SSSR count). The molecular formula is C15H29N3O2. The monoisotopic (exact) mass is 283 g/mol. The summed E-state index contributed by atoms with van der Waals surface area (Å²) < 4.78 is 0. The molecule has 116 valence electrons. The first-order valence-electron chi connectivity index (χ1n) is 7.71. The van der Waals surface area contributed by atoms with Crippen molar-refractivity contribution in [3.8, 4) is 0 Å². The third-order valence-electron chi connectivity index (χ3n) is 4.29. The van der Waals surface area contributed by atoms with E-state index in [-0.39, 0.29) is 17.8 Å². The molecule has 20 heavy (non-hydrogen) atoms. The lowest BCUT2D eigenvalue weighted by atomic mass is 9.72. The molecule has 0 aromatic carbocycles. The van der Waals surface area contributed by atoms with Gasteiger partial charge in [0.1, 0.15) is 5.41 Å². The van der Waals surface area contributed by atoms with Crippen LogP contribution in [0.5, 0.6) is 0 Å². The van der Waals surface area contributed by atoms with Crippen LogP contribution in [0.25, 0.3) is 0 Å². The average molecular weight is 283 g/mol. The standard InChI is InChI=1S/C15H29N3O2/c1-11(2)7-8-12(3)17-14(19)15(13(16)18-20)9-5-4-6-10-15/h11-12,20H,4-10H2,1-3H3,(H2,16,18)(H,17,19). The van der Waals surface area contributed by atoms with Crippen molar-refractivity contribution in [3.63, 3.8) is 0 Å². The lowest BCUT2D eigenvalue weighted by Gasteiger charge is -2.35. The van der Waals surface area contributed by atoms with Crippen LogP contribution in [0.1, 0.15) is 65.7 Å². The Morgan fingerprint density at radius 3 is 2.35 bits per heavy atom. The van der Waals surface area contributed by atoms with Crippen LogP contribution in [0.3, 0.4) is 0 Å². The summed E-state index contributed by atoms with van der Waals surface area (Å²) in [6, 6.07) is 0.121. The van der Waals surface area contributed by atoms with Crippen molar-refractivity contribution in [3.05, 3.63) is 0 Å². The third-order valence-corrected chi connectivity index (χ3v) is 4.29. The summed E-state index contributed by atoms with van der Waals surface area (Å²) in [5.41, 5.74) is 5.01. The van der Waals surface area contributed by atoms with E-state index in [1.807, 2.05) is 6.92 Å². The van der Waals surface area contributed by atoms with E-state index in [0.29, 0.717) is 18.8 Å². The molecule has 1 aliphatic rings. The fraction of sp³-hybridized carbons (Fsp3) is 0.867. The first kappa shape index (κ1) is 16.8. The smallest absolute Gasteiger partial charge is 0.234 e. The average Bonchev–Trinajstić information content (AvgIpc) is 2.44. The maximum atomic E-state index is 12.6. The van der Waals surface area contributed by atoms with Crippen molar-refractivity contribution in [2.24, 2.45) is 22.2 Å². The maximum Gasteiger partial charge on any atom is 0.234 e. The second-order valence-corrected chi connectivity index (χ2v) is 6.47. The lowest BCUT2D eigenvalue weighted by Crippen LogP contribution is -2.52. The SMILES string of the molecule is CC(C)CCC(C)NC(=O)C1(C(N)=NO)CCCCC1. The van der Waals surface area contributed by atoms with Gasteiger partial charge in [-0.05, 0) is 38.5 Å². The fourth-order valence-corrected chi connectivity index (χ4v) is 2.87. The number of nitrogens with two attached hydrogens (primary N) is 1. The zero-order valence-corrected chi connectivity index (χ0v) is 13.0. The van der Waals surface area contributed by atoms with E-state index in [1.54, 1.807) is 0 Å². The number of carbonyl (C=O) groups excluding carboxylic acids is 1. The second-order valence-electron chi connectivity index (χ2n) is 6.47. The molecule has 1 unspecified atom stereocenters. The highest BCUT2D eigenvalue weighted by Gasteiger charge is 2.44. The van der Waals surface area contributed by atoms with Gasteiger partial charge in [0.2, 0.25) is 5.91 Å². The molecule has 5 heteroatoms. The summed E-state index contributed by atoms with van der Waals surface area (Å²) in [6.45, 7) is 6.37. The first-order chi connectivity index (χ1) is 9.42. The predicted octanol–water partition coefficient (Wildman–Crippen LogP) is 2.62. The van der Waals surface area contributed by atoms with Gasteiger partial charge >= 0.3 is 0 Å². The van der Waals surface area contributed by atoms with Gasteiger partial charge in [0.25, 0.3) is 0 Å². The van der Waals surface area contributed by atoms with Crippen molar-refractivity contribution < 1.29 is 10.0 Å². The molecule has 5 nitrogen and oxygen atoms in total. The Morgan fingerprint density at radius 2 is 1.85 bits per heavy atom. The van der Waals surface area contributed by atoms with Crippen LogP contribution in [-0.2, 0) is 4.79 Å². The normalized spacial score (nSPS) is 20.7. The lowest BCUT2D eigenvalue weighted by molar-refractivity contribution is -0.129. The number of amides is 1. The van der Waals surface area contributed by atoms with Gasteiger partial charge in [-0.15, -0.1) is 0 Å². The third kappa shape index (κ3) is 4.12. The summed E-state index contributed by atoms with van der Waals surface area (Å²) in [4.78, 5) is 12.6. The summed E-state index contributed by atoms with van der Waals surface area (Å²) in [6.07, 6.45) is 6.38. The largest absolute Gasteiger partial charge is 0.409 e. The molecule has 0 aromatic rings. The molecule has 0 saturated heterocycles. The molecule has 1 aliphatic carbocycles. The Kier molecular flexibility index (Phi) is 6.30. The van der Waals surface area contributed by atoms with Gasteiger partial charge in [-0.2, -0.15) is 0 Å². The number of rotatable bonds is 6. The van der Waals surface area contributed by atoms with Crippen molar-refractivity contribution in [2.45, 2.75) is 71.8 Å². The maximum absolute atomic E-state index is 12.6. The summed E-state index contributed by atoms with van der Waals surface area (Å²) in [5.74, 6) is 0.608. The molecule has 1 fully saturated rings. The highest BCUT2D eigenvalue weighted by Crippen LogP contribution is 2.37. The van der Waals surface area contributed by atoms with Crippen LogP contribution in [0.4, 0.5) is 0 Å². The van der Waals surface area contributed by atoms with Crippen LogP contribution in [-0.4, -0.2) is 23.0 Å². The summed E-state index contributed by atoms with van der Waals surface area (Å²) in [5, 5.41) is 15.2. The molecule has 1 amide bonds. The van der Waals surface area contributed by atoms with E-state index < -0.39 is 5.41 Å². The van der Waals surface area contributed by atoms with Crippen LogP contribution in [0, 0.1) is 11.3 Å².